The summed E-state index contributed by atoms with van der Waals surface area (Å²) < 4.78 is 6.51. The number of benzene rings is 2. The second-order valence-electron chi connectivity index (χ2n) is 8.20. The van der Waals surface area contributed by atoms with Gasteiger partial charge in [0, 0.05) is 82.5 Å². The largest absolute Gasteiger partial charge is 0.467 e. The van der Waals surface area contributed by atoms with Gasteiger partial charge in [0.05, 0.1) is 7.11 Å². The molecule has 0 radical (unpaired) electrons. The zero-order chi connectivity index (χ0) is 21.5. The zero-order valence-corrected chi connectivity index (χ0v) is 18.8. The molecule has 1 aliphatic carbocycles. The molecule has 1 saturated heterocycles. The highest BCUT2D eigenvalue weighted by Gasteiger charge is 2.26. The minimum Gasteiger partial charge on any atom is -0.467 e. The Morgan fingerprint density at radius 3 is 2.41 bits per heavy atom. The molecular formula is C26H24N4OS. The van der Waals surface area contributed by atoms with Crippen molar-refractivity contribution in [3.8, 4) is 17.1 Å². The van der Waals surface area contributed by atoms with Crippen molar-refractivity contribution in [2.24, 2.45) is 0 Å². The Bertz CT molecular complexity index is 1300. The molecular weight excluding hydrogens is 416 g/mol. The monoisotopic (exact) mass is 440 g/mol. The number of hydrogen-bond acceptors (Lipinski definition) is 6. The smallest absolute Gasteiger partial charge is 0.316 e. The van der Waals surface area contributed by atoms with Gasteiger partial charge in [-0.1, -0.05) is 36.4 Å². The molecule has 2 aromatic heterocycles. The third kappa shape index (κ3) is 3.31. The van der Waals surface area contributed by atoms with E-state index >= 15 is 0 Å². The summed E-state index contributed by atoms with van der Waals surface area (Å²) in [6.07, 6.45) is 7.17. The van der Waals surface area contributed by atoms with E-state index in [1.807, 2.05) is 23.7 Å². The van der Waals surface area contributed by atoms with Crippen LogP contribution in [0.3, 0.4) is 0 Å². The first-order valence-corrected chi connectivity index (χ1v) is 11.8. The van der Waals surface area contributed by atoms with Gasteiger partial charge < -0.3 is 14.5 Å². The van der Waals surface area contributed by atoms with E-state index < -0.39 is 0 Å². The van der Waals surface area contributed by atoms with E-state index in [9.17, 15) is 0 Å². The van der Waals surface area contributed by atoms with Gasteiger partial charge in [0.1, 0.15) is 0 Å². The van der Waals surface area contributed by atoms with Crippen LogP contribution < -0.4 is 9.64 Å². The van der Waals surface area contributed by atoms with Crippen LogP contribution in [0.1, 0.15) is 10.4 Å². The lowest BCUT2D eigenvalue weighted by atomic mass is 10.1. The second kappa shape index (κ2) is 7.95. The average Bonchev–Trinajstić information content (AvgIpc) is 3.43. The van der Waals surface area contributed by atoms with Crippen molar-refractivity contribution in [2.45, 2.75) is 6.42 Å². The Balaban J connectivity index is 1.20. The summed E-state index contributed by atoms with van der Waals surface area (Å²) in [5, 5.41) is 1.40. The number of rotatable bonds is 4. The van der Waals surface area contributed by atoms with Crippen molar-refractivity contribution in [2.75, 3.05) is 38.2 Å². The van der Waals surface area contributed by atoms with Crippen LogP contribution in [-0.2, 0) is 6.42 Å². The fourth-order valence-electron chi connectivity index (χ4n) is 4.78. The number of para-hydroxylation sites is 1. The molecule has 0 saturated carbocycles. The van der Waals surface area contributed by atoms with Crippen LogP contribution in [0.2, 0.25) is 0 Å². The number of anilines is 1. The number of aromatic nitrogens is 2. The molecule has 0 unspecified atom stereocenters. The lowest BCUT2D eigenvalue weighted by molar-refractivity contribution is 0.320. The molecule has 4 aromatic rings. The molecule has 160 valence electrons. The van der Waals surface area contributed by atoms with E-state index in [4.69, 9.17) is 4.74 Å². The van der Waals surface area contributed by atoms with Crippen molar-refractivity contribution in [1.29, 1.82) is 0 Å². The minimum absolute atomic E-state index is 0.394. The Kier molecular flexibility index (Phi) is 4.80. The van der Waals surface area contributed by atoms with E-state index in [0.29, 0.717) is 6.01 Å². The maximum Gasteiger partial charge on any atom is 0.316 e. The fourth-order valence-corrected chi connectivity index (χ4v) is 5.98. The highest BCUT2D eigenvalue weighted by Crippen LogP contribution is 2.40. The van der Waals surface area contributed by atoms with Gasteiger partial charge in [-0.2, -0.15) is 0 Å². The SMILES string of the molecule is COc1ncc(-c2ccccc2N2CCN(C3=Cc4c(sc5ccccc45)C3)CC2)cn1. The van der Waals surface area contributed by atoms with Crippen molar-refractivity contribution >= 4 is 33.2 Å². The van der Waals surface area contributed by atoms with E-state index in [1.54, 1.807) is 7.11 Å². The maximum absolute atomic E-state index is 5.11. The van der Waals surface area contributed by atoms with Crippen LogP contribution >= 0.6 is 11.3 Å². The zero-order valence-electron chi connectivity index (χ0n) is 18.0. The van der Waals surface area contributed by atoms with Gasteiger partial charge in [-0.05, 0) is 23.8 Å². The molecule has 5 nitrogen and oxygen atoms in total. The summed E-state index contributed by atoms with van der Waals surface area (Å²) in [6, 6.07) is 17.7. The summed E-state index contributed by atoms with van der Waals surface area (Å²) in [5.41, 5.74) is 6.32. The predicted octanol–water partition coefficient (Wildman–Crippen LogP) is 5.09. The third-order valence-corrected chi connectivity index (χ3v) is 7.60. The quantitative estimate of drug-likeness (QED) is 0.442. The molecule has 6 heteroatoms. The van der Waals surface area contributed by atoms with Gasteiger partial charge in [0.2, 0.25) is 0 Å². The molecule has 0 atom stereocenters. The van der Waals surface area contributed by atoms with Gasteiger partial charge in [0.15, 0.2) is 0 Å². The molecule has 0 spiro atoms. The molecule has 2 aromatic carbocycles. The molecule has 3 heterocycles. The summed E-state index contributed by atoms with van der Waals surface area (Å²) in [6.45, 7) is 4.07. The number of methoxy groups -OCH3 is 1. The maximum atomic E-state index is 5.11. The van der Waals surface area contributed by atoms with Crippen molar-refractivity contribution in [1.82, 2.24) is 14.9 Å². The lowest BCUT2D eigenvalue weighted by Crippen LogP contribution is -2.46. The summed E-state index contributed by atoms with van der Waals surface area (Å²) >= 11 is 1.94. The number of ether oxygens (including phenoxy) is 1. The van der Waals surface area contributed by atoms with Crippen LogP contribution in [0.4, 0.5) is 5.69 Å². The van der Waals surface area contributed by atoms with E-state index in [2.05, 4.69) is 74.4 Å². The number of nitrogens with zero attached hydrogens (tertiary/aromatic N) is 4. The first-order valence-electron chi connectivity index (χ1n) is 11.0. The number of allylic oxidation sites excluding steroid dienone is 1. The van der Waals surface area contributed by atoms with Crippen molar-refractivity contribution in [3.05, 3.63) is 77.1 Å². The van der Waals surface area contributed by atoms with Gasteiger partial charge in [-0.3, -0.25) is 0 Å². The lowest BCUT2D eigenvalue weighted by Gasteiger charge is -2.38. The average molecular weight is 441 g/mol. The first-order chi connectivity index (χ1) is 15.8. The van der Waals surface area contributed by atoms with Gasteiger partial charge in [0.25, 0.3) is 0 Å². The van der Waals surface area contributed by atoms with E-state index in [1.165, 1.54) is 31.9 Å². The van der Waals surface area contributed by atoms with Crippen molar-refractivity contribution in [3.63, 3.8) is 0 Å². The Morgan fingerprint density at radius 2 is 1.59 bits per heavy atom. The molecule has 2 aliphatic rings. The highest BCUT2D eigenvalue weighted by atomic mass is 32.1. The van der Waals surface area contributed by atoms with Crippen LogP contribution in [0, 0.1) is 0 Å². The minimum atomic E-state index is 0.394. The van der Waals surface area contributed by atoms with Crippen LogP contribution in [0.15, 0.2) is 66.6 Å². The Labute approximate surface area is 191 Å². The normalized spacial score (nSPS) is 15.7. The predicted molar refractivity (Wildman–Crippen MR) is 131 cm³/mol. The number of fused-ring (bicyclic) bond motifs is 3. The van der Waals surface area contributed by atoms with Crippen LogP contribution in [-0.4, -0.2) is 48.2 Å². The molecule has 0 bridgehead atoms. The van der Waals surface area contributed by atoms with Crippen LogP contribution in [0.25, 0.3) is 27.3 Å². The van der Waals surface area contributed by atoms with Crippen LogP contribution in [0.5, 0.6) is 6.01 Å². The number of piperazine rings is 1. The second-order valence-corrected chi connectivity index (χ2v) is 9.33. The fraction of sp³-hybridized carbons (Fsp3) is 0.231. The van der Waals surface area contributed by atoms with Gasteiger partial charge >= 0.3 is 6.01 Å². The van der Waals surface area contributed by atoms with E-state index in [-0.39, 0.29) is 0 Å². The third-order valence-electron chi connectivity index (χ3n) is 6.42. The van der Waals surface area contributed by atoms with Gasteiger partial charge in [-0.15, -0.1) is 11.3 Å². The first kappa shape index (κ1) is 19.3. The Morgan fingerprint density at radius 1 is 0.875 bits per heavy atom. The topological polar surface area (TPSA) is 41.5 Å². The Hall–Kier alpha value is -3.38. The number of thiophene rings is 1. The van der Waals surface area contributed by atoms with Crippen molar-refractivity contribution < 1.29 is 4.74 Å². The molecule has 0 amide bonds. The van der Waals surface area contributed by atoms with E-state index in [0.717, 1.165) is 43.7 Å². The molecule has 0 N–H and O–H groups in total. The summed E-state index contributed by atoms with van der Waals surface area (Å²) in [5.74, 6) is 0. The van der Waals surface area contributed by atoms with Gasteiger partial charge in [-0.25, -0.2) is 9.97 Å². The standard InChI is InChI=1S/C26H24N4OS/c1-31-26-27-16-18(17-28-26)20-6-2-4-8-23(20)30-12-10-29(11-13-30)19-14-22-21-7-3-5-9-24(21)32-25(22)15-19/h2-9,14,16-17H,10-13,15H2,1H3. The summed E-state index contributed by atoms with van der Waals surface area (Å²) in [7, 11) is 1.59. The molecule has 1 aliphatic heterocycles. The highest BCUT2D eigenvalue weighted by molar-refractivity contribution is 7.19. The molecule has 6 rings (SSSR count). The molecule has 1 fully saturated rings. The number of hydrogen-bond donors (Lipinski definition) is 0. The summed E-state index contributed by atoms with van der Waals surface area (Å²) in [4.78, 5) is 15.1. The molecule has 32 heavy (non-hydrogen) atoms.